The molecule has 8 heteroatoms. The largest absolute Gasteiger partial charge is 0.497 e. The number of amides is 1. The topological polar surface area (TPSA) is 87.7 Å². The standard InChI is InChI=1S/C24H25N3O4S/c1-31-22-11-9-20(10-12-22)26-32(29,30)23-13-7-18(8-14-23)24(28)27-16-15-21(17-27)25-19-5-3-2-4-6-19/h2-14,21,25-26H,15-17H2,1H3. The zero-order chi connectivity index (χ0) is 22.6. The zero-order valence-corrected chi connectivity index (χ0v) is 18.5. The van der Waals surface area contributed by atoms with Crippen LogP contribution in [0.1, 0.15) is 16.8 Å². The Morgan fingerprint density at radius 1 is 0.938 bits per heavy atom. The monoisotopic (exact) mass is 451 g/mol. The third-order valence-corrected chi connectivity index (χ3v) is 6.77. The number of sulfonamides is 1. The van der Waals surface area contributed by atoms with Gasteiger partial charge in [0.2, 0.25) is 0 Å². The number of nitrogens with zero attached hydrogens (tertiary/aromatic N) is 1. The summed E-state index contributed by atoms with van der Waals surface area (Å²) in [6, 6.07) is 22.7. The van der Waals surface area contributed by atoms with Crippen LogP contribution in [-0.4, -0.2) is 45.5 Å². The molecule has 1 heterocycles. The molecular formula is C24H25N3O4S. The smallest absolute Gasteiger partial charge is 0.261 e. The van der Waals surface area contributed by atoms with Gasteiger partial charge in [0.1, 0.15) is 5.75 Å². The molecule has 32 heavy (non-hydrogen) atoms. The first-order valence-electron chi connectivity index (χ1n) is 10.3. The van der Waals surface area contributed by atoms with Crippen LogP contribution in [-0.2, 0) is 10.0 Å². The van der Waals surface area contributed by atoms with Gasteiger partial charge in [-0.05, 0) is 67.1 Å². The number of hydrogen-bond acceptors (Lipinski definition) is 5. The van der Waals surface area contributed by atoms with Gasteiger partial charge in [-0.25, -0.2) is 8.42 Å². The highest BCUT2D eigenvalue weighted by Crippen LogP contribution is 2.21. The lowest BCUT2D eigenvalue weighted by Crippen LogP contribution is -2.31. The van der Waals surface area contributed by atoms with Crippen molar-refractivity contribution >= 4 is 27.3 Å². The maximum Gasteiger partial charge on any atom is 0.261 e. The van der Waals surface area contributed by atoms with Crippen molar-refractivity contribution in [3.63, 3.8) is 0 Å². The first-order chi connectivity index (χ1) is 15.4. The molecule has 1 saturated heterocycles. The Labute approximate surface area is 188 Å². The van der Waals surface area contributed by atoms with E-state index < -0.39 is 10.0 Å². The lowest BCUT2D eigenvalue weighted by atomic mass is 10.2. The molecule has 1 atom stereocenters. The van der Waals surface area contributed by atoms with Crippen LogP contribution in [0.2, 0.25) is 0 Å². The Morgan fingerprint density at radius 2 is 1.62 bits per heavy atom. The molecule has 1 aliphatic heterocycles. The van der Waals surface area contributed by atoms with Crippen molar-refractivity contribution in [2.24, 2.45) is 0 Å². The minimum absolute atomic E-state index is 0.0925. The lowest BCUT2D eigenvalue weighted by molar-refractivity contribution is 0.0791. The van der Waals surface area contributed by atoms with Gasteiger partial charge in [0, 0.05) is 36.1 Å². The van der Waals surface area contributed by atoms with E-state index in [1.807, 2.05) is 30.3 Å². The average Bonchev–Trinajstić information content (AvgIpc) is 3.28. The molecule has 1 fully saturated rings. The molecule has 0 saturated carbocycles. The van der Waals surface area contributed by atoms with E-state index in [1.165, 1.54) is 12.1 Å². The third-order valence-electron chi connectivity index (χ3n) is 5.37. The van der Waals surface area contributed by atoms with E-state index in [9.17, 15) is 13.2 Å². The predicted molar refractivity (Wildman–Crippen MR) is 125 cm³/mol. The van der Waals surface area contributed by atoms with Gasteiger partial charge in [-0.3, -0.25) is 9.52 Å². The normalized spacial score (nSPS) is 15.9. The summed E-state index contributed by atoms with van der Waals surface area (Å²) in [4.78, 5) is 14.8. The van der Waals surface area contributed by atoms with Crippen LogP contribution in [0.5, 0.6) is 5.75 Å². The summed E-state index contributed by atoms with van der Waals surface area (Å²) in [5.74, 6) is 0.536. The third kappa shape index (κ3) is 5.03. The van der Waals surface area contributed by atoms with Crippen molar-refractivity contribution in [1.82, 2.24) is 4.90 Å². The van der Waals surface area contributed by atoms with Crippen molar-refractivity contribution in [1.29, 1.82) is 0 Å². The van der Waals surface area contributed by atoms with Crippen molar-refractivity contribution in [2.45, 2.75) is 17.4 Å². The molecule has 1 amide bonds. The van der Waals surface area contributed by atoms with Gasteiger partial charge < -0.3 is 15.0 Å². The molecule has 7 nitrogen and oxygen atoms in total. The summed E-state index contributed by atoms with van der Waals surface area (Å²) in [6.07, 6.45) is 0.860. The molecule has 1 unspecified atom stereocenters. The molecule has 0 bridgehead atoms. The highest BCUT2D eigenvalue weighted by molar-refractivity contribution is 7.92. The number of carbonyl (C=O) groups is 1. The van der Waals surface area contributed by atoms with Gasteiger partial charge in [0.25, 0.3) is 15.9 Å². The summed E-state index contributed by atoms with van der Waals surface area (Å²) in [5.41, 5.74) is 1.93. The van der Waals surface area contributed by atoms with E-state index in [0.29, 0.717) is 30.1 Å². The minimum atomic E-state index is -3.76. The molecule has 1 aliphatic rings. The molecule has 3 aromatic carbocycles. The summed E-state index contributed by atoms with van der Waals surface area (Å²) in [7, 11) is -2.22. The molecule has 0 radical (unpaired) electrons. The van der Waals surface area contributed by atoms with Crippen molar-refractivity contribution < 1.29 is 17.9 Å². The van der Waals surface area contributed by atoms with E-state index in [-0.39, 0.29) is 16.8 Å². The summed E-state index contributed by atoms with van der Waals surface area (Å²) in [6.45, 7) is 1.26. The number of ether oxygens (including phenoxy) is 1. The SMILES string of the molecule is COc1ccc(NS(=O)(=O)c2ccc(C(=O)N3CCC(Nc4ccccc4)C3)cc2)cc1. The Hall–Kier alpha value is -3.52. The summed E-state index contributed by atoms with van der Waals surface area (Å²) in [5, 5.41) is 3.45. The molecule has 3 aromatic rings. The molecular weight excluding hydrogens is 426 g/mol. The van der Waals surface area contributed by atoms with E-state index >= 15 is 0 Å². The number of likely N-dealkylation sites (tertiary alicyclic amines) is 1. The fourth-order valence-electron chi connectivity index (χ4n) is 3.67. The Morgan fingerprint density at radius 3 is 2.28 bits per heavy atom. The van der Waals surface area contributed by atoms with Gasteiger partial charge >= 0.3 is 0 Å². The van der Waals surface area contributed by atoms with Crippen LogP contribution in [0, 0.1) is 0 Å². The molecule has 166 valence electrons. The van der Waals surface area contributed by atoms with Gasteiger partial charge in [-0.15, -0.1) is 0 Å². The maximum atomic E-state index is 12.9. The highest BCUT2D eigenvalue weighted by Gasteiger charge is 2.27. The molecule has 4 rings (SSSR count). The number of nitrogens with one attached hydrogen (secondary N) is 2. The van der Waals surface area contributed by atoms with Gasteiger partial charge in [0.05, 0.1) is 12.0 Å². The average molecular weight is 452 g/mol. The van der Waals surface area contributed by atoms with Crippen molar-refractivity contribution in [3.8, 4) is 5.75 Å². The highest BCUT2D eigenvalue weighted by atomic mass is 32.2. The van der Waals surface area contributed by atoms with E-state index in [4.69, 9.17) is 4.74 Å². The molecule has 2 N–H and O–H groups in total. The maximum absolute atomic E-state index is 12.9. The first kappa shape index (κ1) is 21.7. The van der Waals surface area contributed by atoms with Crippen molar-refractivity contribution in [2.75, 3.05) is 30.2 Å². The Kier molecular flexibility index (Phi) is 6.32. The van der Waals surface area contributed by atoms with Crippen LogP contribution in [0.3, 0.4) is 0 Å². The Balaban J connectivity index is 1.38. The fourth-order valence-corrected chi connectivity index (χ4v) is 4.72. The predicted octanol–water partition coefficient (Wildman–Crippen LogP) is 3.82. The molecule has 0 spiro atoms. The van der Waals surface area contributed by atoms with E-state index in [1.54, 1.807) is 48.4 Å². The number of anilines is 2. The number of hydrogen-bond donors (Lipinski definition) is 2. The van der Waals surface area contributed by atoms with Crippen LogP contribution in [0.15, 0.2) is 83.8 Å². The number of rotatable bonds is 7. The summed E-state index contributed by atoms with van der Waals surface area (Å²) >= 11 is 0. The second kappa shape index (κ2) is 9.32. The number of methoxy groups -OCH3 is 1. The summed E-state index contributed by atoms with van der Waals surface area (Å²) < 4.78 is 32.9. The zero-order valence-electron chi connectivity index (χ0n) is 17.7. The van der Waals surface area contributed by atoms with Crippen LogP contribution >= 0.6 is 0 Å². The number of carbonyl (C=O) groups excluding carboxylic acids is 1. The Bertz CT molecular complexity index is 1160. The van der Waals surface area contributed by atoms with Crippen LogP contribution < -0.4 is 14.8 Å². The van der Waals surface area contributed by atoms with Gasteiger partial charge in [-0.1, -0.05) is 18.2 Å². The van der Waals surface area contributed by atoms with Crippen LogP contribution in [0.25, 0.3) is 0 Å². The number of benzene rings is 3. The molecule has 0 aliphatic carbocycles. The van der Waals surface area contributed by atoms with Gasteiger partial charge in [0.15, 0.2) is 0 Å². The molecule has 0 aromatic heterocycles. The second-order valence-corrected chi connectivity index (χ2v) is 9.29. The first-order valence-corrected chi connectivity index (χ1v) is 11.8. The second-order valence-electron chi connectivity index (χ2n) is 7.61. The number of para-hydroxylation sites is 1. The van der Waals surface area contributed by atoms with Gasteiger partial charge in [-0.2, -0.15) is 0 Å². The van der Waals surface area contributed by atoms with E-state index in [0.717, 1.165) is 12.1 Å². The van der Waals surface area contributed by atoms with E-state index in [2.05, 4.69) is 10.0 Å². The lowest BCUT2D eigenvalue weighted by Gasteiger charge is -2.18. The van der Waals surface area contributed by atoms with Crippen LogP contribution in [0.4, 0.5) is 11.4 Å². The minimum Gasteiger partial charge on any atom is -0.497 e. The van der Waals surface area contributed by atoms with Crippen molar-refractivity contribution in [3.05, 3.63) is 84.4 Å². The quantitative estimate of drug-likeness (QED) is 0.570. The fraction of sp³-hybridized carbons (Fsp3) is 0.208.